The predicted octanol–water partition coefficient (Wildman–Crippen LogP) is 4.24. The molecule has 8 nitrogen and oxygen atoms in total. The predicted molar refractivity (Wildman–Crippen MR) is 130 cm³/mol. The average molecular weight is 486 g/mol. The van der Waals surface area contributed by atoms with Gasteiger partial charge in [-0.3, -0.25) is 9.59 Å². The number of hydrogen-bond donors (Lipinski definition) is 2. The number of carboxylic acids is 1. The molecule has 1 heterocycles. The Hall–Kier alpha value is -3.23. The third-order valence-corrected chi connectivity index (χ3v) is 5.84. The number of aliphatic imine (C=N–C) groups is 1. The fourth-order valence-electron chi connectivity index (χ4n) is 4.01. The molecule has 34 heavy (non-hydrogen) atoms. The van der Waals surface area contributed by atoms with E-state index in [1.54, 1.807) is 55.5 Å². The van der Waals surface area contributed by atoms with E-state index in [0.717, 1.165) is 0 Å². The molecule has 0 bridgehead atoms. The van der Waals surface area contributed by atoms with Crippen molar-refractivity contribution in [3.8, 4) is 5.75 Å². The third-order valence-electron chi connectivity index (χ3n) is 5.60. The first-order chi connectivity index (χ1) is 16.3. The summed E-state index contributed by atoms with van der Waals surface area (Å²) in [5.41, 5.74) is 1.48. The Morgan fingerprint density at radius 3 is 2.59 bits per heavy atom. The van der Waals surface area contributed by atoms with Crippen LogP contribution in [0.2, 0.25) is 5.02 Å². The molecule has 0 spiro atoms. The van der Waals surface area contributed by atoms with E-state index in [1.165, 1.54) is 4.90 Å². The summed E-state index contributed by atoms with van der Waals surface area (Å²) in [7, 11) is 0. The largest absolute Gasteiger partial charge is 0.494 e. The first-order valence-corrected chi connectivity index (χ1v) is 11.5. The zero-order valence-corrected chi connectivity index (χ0v) is 19.9. The number of carbonyl (C=O) groups excluding carboxylic acids is 2. The highest BCUT2D eigenvalue weighted by Gasteiger charge is 2.42. The summed E-state index contributed by atoms with van der Waals surface area (Å²) in [4.78, 5) is 42.5. The van der Waals surface area contributed by atoms with Gasteiger partial charge >= 0.3 is 12.0 Å². The molecule has 0 saturated carbocycles. The Morgan fingerprint density at radius 2 is 1.94 bits per heavy atom. The second-order valence-corrected chi connectivity index (χ2v) is 8.39. The quantitative estimate of drug-likeness (QED) is 0.364. The maximum atomic E-state index is 12.7. The number of ether oxygens (including phenoxy) is 1. The van der Waals surface area contributed by atoms with Gasteiger partial charge in [0, 0.05) is 22.8 Å². The minimum absolute atomic E-state index is 0.0555. The van der Waals surface area contributed by atoms with E-state index >= 15 is 0 Å². The number of hydrogen-bond acceptors (Lipinski definition) is 5. The second kappa shape index (κ2) is 11.8. The fourth-order valence-corrected chi connectivity index (χ4v) is 4.20. The number of amides is 2. The van der Waals surface area contributed by atoms with E-state index in [9.17, 15) is 19.5 Å². The van der Waals surface area contributed by atoms with Crippen LogP contribution in [0.5, 0.6) is 5.75 Å². The zero-order valence-electron chi connectivity index (χ0n) is 19.2. The first kappa shape index (κ1) is 25.4. The molecule has 2 unspecified atom stereocenters. The van der Waals surface area contributed by atoms with E-state index in [4.69, 9.17) is 16.3 Å². The van der Waals surface area contributed by atoms with E-state index in [0.29, 0.717) is 41.5 Å². The number of halogens is 1. The number of Topliss-reactive ketones (excluding diaryl/α,β-unsaturated/α-hetero) is 1. The average Bonchev–Trinajstić information content (AvgIpc) is 2.80. The van der Waals surface area contributed by atoms with Gasteiger partial charge in [-0.15, -0.1) is 0 Å². The summed E-state index contributed by atoms with van der Waals surface area (Å²) < 4.78 is 5.38. The SMILES string of the molecule is CCOc1ccc(C(=O)CNCCCN2C(=O)N=C(C)C(C(=O)O)C2c2cccc(Cl)c2)cc1. The molecule has 0 aliphatic carbocycles. The smallest absolute Gasteiger partial charge is 0.344 e. The highest BCUT2D eigenvalue weighted by molar-refractivity contribution is 6.30. The molecule has 0 saturated heterocycles. The third kappa shape index (κ3) is 6.21. The van der Waals surface area contributed by atoms with Crippen LogP contribution < -0.4 is 10.1 Å². The lowest BCUT2D eigenvalue weighted by Gasteiger charge is -2.38. The summed E-state index contributed by atoms with van der Waals surface area (Å²) in [5.74, 6) is -1.36. The van der Waals surface area contributed by atoms with Crippen molar-refractivity contribution in [3.63, 3.8) is 0 Å². The van der Waals surface area contributed by atoms with Crippen LogP contribution in [0.3, 0.4) is 0 Å². The summed E-state index contributed by atoms with van der Waals surface area (Å²) in [6, 6.07) is 12.6. The highest BCUT2D eigenvalue weighted by Crippen LogP contribution is 2.35. The normalized spacial score (nSPS) is 17.9. The molecule has 0 radical (unpaired) electrons. The zero-order chi connectivity index (χ0) is 24.7. The molecule has 0 aromatic heterocycles. The van der Waals surface area contributed by atoms with Crippen LogP contribution in [0.1, 0.15) is 42.2 Å². The number of urea groups is 1. The number of nitrogens with one attached hydrogen (secondary N) is 1. The number of ketones is 1. The Morgan fingerprint density at radius 1 is 1.21 bits per heavy atom. The van der Waals surface area contributed by atoms with Crippen LogP contribution in [-0.2, 0) is 4.79 Å². The lowest BCUT2D eigenvalue weighted by atomic mass is 9.87. The Bertz CT molecular complexity index is 1070. The Balaban J connectivity index is 1.61. The summed E-state index contributed by atoms with van der Waals surface area (Å²) >= 11 is 6.13. The van der Waals surface area contributed by atoms with Crippen LogP contribution in [0.15, 0.2) is 53.5 Å². The number of benzene rings is 2. The molecular weight excluding hydrogens is 458 g/mol. The van der Waals surface area contributed by atoms with Gasteiger partial charge in [-0.05, 0) is 68.8 Å². The molecule has 1 aliphatic heterocycles. The maximum absolute atomic E-state index is 12.7. The molecule has 2 aromatic carbocycles. The van der Waals surface area contributed by atoms with Crippen LogP contribution >= 0.6 is 11.6 Å². The molecule has 3 rings (SSSR count). The summed E-state index contributed by atoms with van der Waals surface area (Å²) in [6.07, 6.45) is 0.514. The number of rotatable bonds is 11. The molecular formula is C25H28ClN3O5. The number of carboxylic acid groups (broad SMARTS) is 1. The molecule has 180 valence electrons. The van der Waals surface area contributed by atoms with Gasteiger partial charge in [-0.2, -0.15) is 0 Å². The van der Waals surface area contributed by atoms with Crippen molar-refractivity contribution < 1.29 is 24.2 Å². The van der Waals surface area contributed by atoms with Crippen molar-refractivity contribution in [2.45, 2.75) is 26.3 Å². The van der Waals surface area contributed by atoms with Crippen LogP contribution in [0, 0.1) is 5.92 Å². The van der Waals surface area contributed by atoms with Crippen molar-refractivity contribution in [2.75, 3.05) is 26.2 Å². The molecule has 0 fully saturated rings. The number of nitrogens with zero attached hydrogens (tertiary/aromatic N) is 2. The molecule has 2 N–H and O–H groups in total. The standard InChI is InChI=1S/C25H28ClN3O5/c1-3-34-20-10-8-17(9-11-20)21(30)15-27-12-5-13-29-23(18-6-4-7-19(26)14-18)22(24(31)32)16(2)28-25(29)33/h4,6-11,14,22-23,27H,3,5,12-13,15H2,1-2H3,(H,31,32). The van der Waals surface area contributed by atoms with Gasteiger partial charge in [0.2, 0.25) is 0 Å². The van der Waals surface area contributed by atoms with Crippen molar-refractivity contribution in [1.82, 2.24) is 10.2 Å². The van der Waals surface area contributed by atoms with Gasteiger partial charge in [0.15, 0.2) is 5.78 Å². The van der Waals surface area contributed by atoms with Gasteiger partial charge < -0.3 is 20.1 Å². The van der Waals surface area contributed by atoms with Gasteiger partial charge in [0.1, 0.15) is 11.7 Å². The second-order valence-electron chi connectivity index (χ2n) is 7.96. The minimum atomic E-state index is -1.05. The lowest BCUT2D eigenvalue weighted by molar-refractivity contribution is -0.141. The van der Waals surface area contributed by atoms with E-state index < -0.39 is 24.0 Å². The molecule has 9 heteroatoms. The summed E-state index contributed by atoms with van der Waals surface area (Å²) in [5, 5.41) is 13.4. The monoisotopic (exact) mass is 485 g/mol. The molecule has 2 atom stereocenters. The highest BCUT2D eigenvalue weighted by atomic mass is 35.5. The lowest BCUT2D eigenvalue weighted by Crippen LogP contribution is -2.47. The number of aliphatic carboxylic acids is 1. The molecule has 1 aliphatic rings. The van der Waals surface area contributed by atoms with Gasteiger partial charge in [-0.1, -0.05) is 23.7 Å². The van der Waals surface area contributed by atoms with Crippen molar-refractivity contribution in [2.24, 2.45) is 10.9 Å². The minimum Gasteiger partial charge on any atom is -0.494 e. The van der Waals surface area contributed by atoms with E-state index in [1.807, 2.05) is 6.92 Å². The summed E-state index contributed by atoms with van der Waals surface area (Å²) in [6.45, 7) is 4.90. The molecule has 2 aromatic rings. The Kier molecular flexibility index (Phi) is 8.79. The van der Waals surface area contributed by atoms with Crippen LogP contribution in [0.4, 0.5) is 4.79 Å². The van der Waals surface area contributed by atoms with Crippen molar-refractivity contribution >= 4 is 35.1 Å². The maximum Gasteiger partial charge on any atom is 0.344 e. The van der Waals surface area contributed by atoms with Gasteiger partial charge in [-0.25, -0.2) is 9.79 Å². The van der Waals surface area contributed by atoms with Crippen molar-refractivity contribution in [1.29, 1.82) is 0 Å². The van der Waals surface area contributed by atoms with Crippen LogP contribution in [-0.4, -0.2) is 59.7 Å². The fraction of sp³-hybridized carbons (Fsp3) is 0.360. The van der Waals surface area contributed by atoms with E-state index in [2.05, 4.69) is 10.3 Å². The Labute approximate surface area is 203 Å². The van der Waals surface area contributed by atoms with Crippen molar-refractivity contribution in [3.05, 3.63) is 64.7 Å². The van der Waals surface area contributed by atoms with Gasteiger partial charge in [0.05, 0.1) is 19.2 Å². The number of carbonyl (C=O) groups is 3. The first-order valence-electron chi connectivity index (χ1n) is 11.1. The van der Waals surface area contributed by atoms with E-state index in [-0.39, 0.29) is 24.6 Å². The topological polar surface area (TPSA) is 108 Å². The van der Waals surface area contributed by atoms with Gasteiger partial charge in [0.25, 0.3) is 0 Å². The molecule has 2 amide bonds. The van der Waals surface area contributed by atoms with Crippen LogP contribution in [0.25, 0.3) is 0 Å².